The molecule has 0 saturated carbocycles. The molecule has 5 aromatic rings. The van der Waals surface area contributed by atoms with Crippen molar-refractivity contribution >= 4 is 33.5 Å². The van der Waals surface area contributed by atoms with Crippen molar-refractivity contribution in [3.8, 4) is 11.5 Å². The van der Waals surface area contributed by atoms with Gasteiger partial charge in [0, 0.05) is 10.8 Å². The van der Waals surface area contributed by atoms with Crippen LogP contribution in [0.4, 0.5) is 39.5 Å². The maximum Gasteiger partial charge on any atom is 0.346 e. The maximum absolute atomic E-state index is 15.7. The molecule has 0 aliphatic carbocycles. The van der Waals surface area contributed by atoms with E-state index in [1.807, 2.05) is 0 Å². The van der Waals surface area contributed by atoms with Gasteiger partial charge < -0.3 is 9.47 Å². The number of halogens is 9. The van der Waals surface area contributed by atoms with Crippen molar-refractivity contribution in [2.75, 3.05) is 0 Å². The summed E-state index contributed by atoms with van der Waals surface area (Å²) in [6.45, 7) is 0. The highest BCUT2D eigenvalue weighted by Gasteiger charge is 2.28. The predicted molar refractivity (Wildman–Crippen MR) is 124 cm³/mol. The third-order valence-corrected chi connectivity index (χ3v) is 5.93. The van der Waals surface area contributed by atoms with Gasteiger partial charge in [0.1, 0.15) is 28.4 Å². The Bertz CT molecular complexity index is 1940. The molecule has 0 atom stereocenters. The van der Waals surface area contributed by atoms with Crippen molar-refractivity contribution in [2.45, 2.75) is 0 Å². The molecule has 0 aromatic heterocycles. The molecule has 0 N–H and O–H groups in total. The molecule has 0 radical (unpaired) electrons. The first-order valence-corrected chi connectivity index (χ1v) is 11.1. The predicted octanol–water partition coefficient (Wildman–Crippen LogP) is 7.68. The molecule has 41 heavy (non-hydrogen) atoms. The standard InChI is InChI=1S/C28H9F9O4/c29-15-8-13(21(32)25(36)23(15)34)27(38)40-17-5-6-18(19-12(17)7-10-3-1-2-4-11(10)20(19)31)41-28(39)14-9-16(30)24(35)26(37)22(14)33/h1-9H. The third-order valence-electron chi connectivity index (χ3n) is 5.93. The van der Waals surface area contributed by atoms with Crippen LogP contribution >= 0.6 is 0 Å². The zero-order chi connectivity index (χ0) is 29.7. The topological polar surface area (TPSA) is 52.6 Å². The monoisotopic (exact) mass is 580 g/mol. The second kappa shape index (κ2) is 10.2. The normalized spacial score (nSPS) is 11.2. The molecule has 4 nitrogen and oxygen atoms in total. The van der Waals surface area contributed by atoms with Crippen LogP contribution in [0.1, 0.15) is 20.7 Å². The minimum atomic E-state index is -2.30. The van der Waals surface area contributed by atoms with Gasteiger partial charge in [0.2, 0.25) is 0 Å². The number of fused-ring (bicyclic) bond motifs is 2. The molecule has 0 bridgehead atoms. The van der Waals surface area contributed by atoms with Crippen LogP contribution in [0.2, 0.25) is 0 Å². The molecule has 5 aromatic carbocycles. The molecule has 13 heteroatoms. The van der Waals surface area contributed by atoms with E-state index in [2.05, 4.69) is 0 Å². The lowest BCUT2D eigenvalue weighted by molar-refractivity contribution is 0.0715. The van der Waals surface area contributed by atoms with Gasteiger partial charge in [-0.1, -0.05) is 24.3 Å². The molecular weight excluding hydrogens is 571 g/mol. The molecule has 5 rings (SSSR count). The van der Waals surface area contributed by atoms with Gasteiger partial charge in [-0.15, -0.1) is 0 Å². The largest absolute Gasteiger partial charge is 0.422 e. The van der Waals surface area contributed by atoms with Crippen LogP contribution < -0.4 is 9.47 Å². The smallest absolute Gasteiger partial charge is 0.346 e. The number of esters is 2. The van der Waals surface area contributed by atoms with Gasteiger partial charge in [0.25, 0.3) is 0 Å². The molecule has 0 heterocycles. The summed E-state index contributed by atoms with van der Waals surface area (Å²) in [5.41, 5.74) is -2.72. The molecule has 0 aliphatic heterocycles. The van der Waals surface area contributed by atoms with E-state index in [1.54, 1.807) is 0 Å². The van der Waals surface area contributed by atoms with E-state index in [9.17, 15) is 44.7 Å². The molecule has 208 valence electrons. The Morgan fingerprint density at radius 2 is 0.976 bits per heavy atom. The Balaban J connectivity index is 1.64. The zero-order valence-electron chi connectivity index (χ0n) is 19.7. The first kappa shape index (κ1) is 27.5. The maximum atomic E-state index is 15.7. The summed E-state index contributed by atoms with van der Waals surface area (Å²) in [6.07, 6.45) is 0. The third kappa shape index (κ3) is 4.58. The van der Waals surface area contributed by atoms with Crippen molar-refractivity contribution in [1.29, 1.82) is 0 Å². The number of carbonyl (C=O) groups excluding carboxylic acids is 2. The van der Waals surface area contributed by atoms with Gasteiger partial charge in [-0.25, -0.2) is 49.1 Å². The number of hydrogen-bond acceptors (Lipinski definition) is 4. The first-order valence-electron chi connectivity index (χ1n) is 11.1. The summed E-state index contributed by atoms with van der Waals surface area (Å²) in [5, 5.41) is -0.834. The van der Waals surface area contributed by atoms with Crippen LogP contribution in [-0.2, 0) is 0 Å². The van der Waals surface area contributed by atoms with Crippen molar-refractivity contribution < 1.29 is 58.6 Å². The highest BCUT2D eigenvalue weighted by atomic mass is 19.2. The highest BCUT2D eigenvalue weighted by molar-refractivity contribution is 6.06. The lowest BCUT2D eigenvalue weighted by Crippen LogP contribution is -2.15. The van der Waals surface area contributed by atoms with Crippen LogP contribution in [0.5, 0.6) is 11.5 Å². The van der Waals surface area contributed by atoms with E-state index < -0.39 is 92.3 Å². The van der Waals surface area contributed by atoms with E-state index in [0.29, 0.717) is 0 Å². The number of ether oxygens (including phenoxy) is 2. The van der Waals surface area contributed by atoms with Crippen LogP contribution in [0.3, 0.4) is 0 Å². The Kier molecular flexibility index (Phi) is 6.81. The Morgan fingerprint density at radius 3 is 1.54 bits per heavy atom. The van der Waals surface area contributed by atoms with E-state index in [4.69, 9.17) is 9.47 Å². The fraction of sp³-hybridized carbons (Fsp3) is 0. The fourth-order valence-corrected chi connectivity index (χ4v) is 3.99. The molecule has 0 unspecified atom stereocenters. The minimum Gasteiger partial charge on any atom is -0.422 e. The van der Waals surface area contributed by atoms with Gasteiger partial charge in [-0.3, -0.25) is 0 Å². The van der Waals surface area contributed by atoms with Crippen LogP contribution in [-0.4, -0.2) is 11.9 Å². The average Bonchev–Trinajstić information content (AvgIpc) is 2.95. The molecular formula is C28H9F9O4. The van der Waals surface area contributed by atoms with Crippen molar-refractivity contribution in [1.82, 2.24) is 0 Å². The molecule has 0 spiro atoms. The molecule has 0 aliphatic rings. The summed E-state index contributed by atoms with van der Waals surface area (Å²) >= 11 is 0. The highest BCUT2D eigenvalue weighted by Crippen LogP contribution is 2.39. The first-order chi connectivity index (χ1) is 19.4. The van der Waals surface area contributed by atoms with Gasteiger partial charge in [0.15, 0.2) is 46.5 Å². The number of carbonyl (C=O) groups is 2. The quantitative estimate of drug-likeness (QED) is 0.0547. The van der Waals surface area contributed by atoms with Gasteiger partial charge in [-0.2, -0.15) is 0 Å². The summed E-state index contributed by atoms with van der Waals surface area (Å²) < 4.78 is 135. The average molecular weight is 580 g/mol. The van der Waals surface area contributed by atoms with Gasteiger partial charge in [0.05, 0.1) is 5.39 Å². The molecule has 0 fully saturated rings. The zero-order valence-corrected chi connectivity index (χ0v) is 19.7. The Morgan fingerprint density at radius 1 is 0.488 bits per heavy atom. The summed E-state index contributed by atoms with van der Waals surface area (Å²) in [7, 11) is 0. The summed E-state index contributed by atoms with van der Waals surface area (Å²) in [5.74, 6) is -22.8. The van der Waals surface area contributed by atoms with Gasteiger partial charge in [-0.05, 0) is 35.7 Å². The second-order valence-corrected chi connectivity index (χ2v) is 8.37. The number of benzene rings is 5. The van der Waals surface area contributed by atoms with E-state index >= 15 is 4.39 Å². The summed E-state index contributed by atoms with van der Waals surface area (Å²) in [4.78, 5) is 25.2. The van der Waals surface area contributed by atoms with Crippen molar-refractivity contribution in [2.24, 2.45) is 0 Å². The molecule has 0 saturated heterocycles. The Labute approximate surface area is 222 Å². The SMILES string of the molecule is O=C(Oc1ccc(OC(=O)c2cc(F)c(F)c(F)c2F)c2c(F)c3ccccc3cc12)c1cc(F)c(F)c(F)c1F. The van der Waals surface area contributed by atoms with Crippen molar-refractivity contribution in [3.05, 3.63) is 118 Å². The van der Waals surface area contributed by atoms with Gasteiger partial charge >= 0.3 is 11.9 Å². The summed E-state index contributed by atoms with van der Waals surface area (Å²) in [6, 6.07) is 8.62. The lowest BCUT2D eigenvalue weighted by Gasteiger charge is -2.15. The van der Waals surface area contributed by atoms with Crippen LogP contribution in [0.25, 0.3) is 21.5 Å². The Hall–Kier alpha value is -5.07. The number of rotatable bonds is 4. The minimum absolute atomic E-state index is 0.0235. The van der Waals surface area contributed by atoms with Crippen LogP contribution in [0, 0.1) is 52.4 Å². The van der Waals surface area contributed by atoms with E-state index in [1.165, 1.54) is 30.3 Å². The second-order valence-electron chi connectivity index (χ2n) is 8.37. The number of hydrogen-bond donors (Lipinski definition) is 0. The van der Waals surface area contributed by atoms with E-state index in [-0.39, 0.29) is 28.3 Å². The van der Waals surface area contributed by atoms with E-state index in [0.717, 1.165) is 12.1 Å². The lowest BCUT2D eigenvalue weighted by atomic mass is 10.0. The van der Waals surface area contributed by atoms with Crippen LogP contribution in [0.15, 0.2) is 54.6 Å². The molecule has 0 amide bonds. The fourth-order valence-electron chi connectivity index (χ4n) is 3.99. The van der Waals surface area contributed by atoms with Crippen molar-refractivity contribution in [3.63, 3.8) is 0 Å².